The maximum absolute atomic E-state index is 14.2. The van der Waals surface area contributed by atoms with Crippen LogP contribution in [0.2, 0.25) is 0 Å². The predicted octanol–water partition coefficient (Wildman–Crippen LogP) is 7.94. The Hall–Kier alpha value is -11.0. The van der Waals surface area contributed by atoms with Gasteiger partial charge < -0.3 is 124 Å². The largest absolute Gasteiger partial charge is 0.463 e. The summed E-state index contributed by atoms with van der Waals surface area (Å²) in [6.07, 6.45) is -38.8. The number of hydrogen-bond donors (Lipinski definition) is 1. The van der Waals surface area contributed by atoms with Gasteiger partial charge in [0.2, 0.25) is 5.91 Å². The second kappa shape index (κ2) is 53.2. The molecule has 1 amide bonds. The Morgan fingerprint density at radius 3 is 1.04 bits per heavy atom. The maximum atomic E-state index is 14.2. The highest BCUT2D eigenvalue weighted by molar-refractivity contribution is 5.74. The molecule has 5 aliphatic rings. The molecule has 724 valence electrons. The van der Waals surface area contributed by atoms with Crippen molar-refractivity contribution in [1.82, 2.24) is 5.32 Å². The number of nitrogens with one attached hydrogen (secondary N) is 1. The quantitative estimate of drug-likeness (QED) is 0.00963. The second-order valence-electron chi connectivity index (χ2n) is 31.8. The lowest BCUT2D eigenvalue weighted by Gasteiger charge is -2.51. The second-order valence-corrected chi connectivity index (χ2v) is 31.8. The Morgan fingerprint density at radius 2 is 0.602 bits per heavy atom. The molecule has 0 bridgehead atoms. The van der Waals surface area contributed by atoms with Gasteiger partial charge in [-0.1, -0.05) is 170 Å². The third kappa shape index (κ3) is 32.7. The highest BCUT2D eigenvalue weighted by Crippen LogP contribution is 2.42. The topological polar surface area (TPSA) is 479 Å². The van der Waals surface area contributed by atoms with Gasteiger partial charge in [0.1, 0.15) is 86.4 Å². The molecule has 0 aromatic heterocycles. The lowest BCUT2D eigenvalue weighted by atomic mass is 9.94. The first-order valence-electron chi connectivity index (χ1n) is 43.6. The first kappa shape index (κ1) is 104. The molecule has 40 nitrogen and oxygen atoms in total. The summed E-state index contributed by atoms with van der Waals surface area (Å²) in [5.41, 5.74) is 12.6. The van der Waals surface area contributed by atoms with Crippen molar-refractivity contribution >= 4 is 65.6 Å². The molecule has 25 atom stereocenters. The summed E-state index contributed by atoms with van der Waals surface area (Å²) in [4.78, 5) is 151. The fourth-order valence-electron chi connectivity index (χ4n) is 15.7. The molecule has 5 fully saturated rings. The van der Waals surface area contributed by atoms with E-state index in [2.05, 4.69) is 15.3 Å². The van der Waals surface area contributed by atoms with Gasteiger partial charge in [0, 0.05) is 94.2 Å². The van der Waals surface area contributed by atoms with Gasteiger partial charge in [0.25, 0.3) is 0 Å². The van der Waals surface area contributed by atoms with Crippen LogP contribution in [0.25, 0.3) is 10.4 Å². The van der Waals surface area contributed by atoms with E-state index in [1.807, 2.05) is 121 Å². The third-order valence-corrected chi connectivity index (χ3v) is 21.1. The maximum Gasteiger partial charge on any atom is 0.303 e. The summed E-state index contributed by atoms with van der Waals surface area (Å²) in [5.74, 6) is -10.8. The van der Waals surface area contributed by atoms with Crippen molar-refractivity contribution in [2.24, 2.45) is 5.11 Å². The van der Waals surface area contributed by atoms with Crippen molar-refractivity contribution in [3.05, 3.63) is 190 Å². The number of ether oxygens (including phenoxy) is 25. The van der Waals surface area contributed by atoms with Crippen LogP contribution in [0.4, 0.5) is 0 Å². The average Bonchev–Trinajstić information content (AvgIpc) is 0.761. The van der Waals surface area contributed by atoms with Gasteiger partial charge >= 0.3 is 59.7 Å². The fourth-order valence-corrected chi connectivity index (χ4v) is 15.7. The summed E-state index contributed by atoms with van der Waals surface area (Å²) in [6, 6.07) is 44.2. The Bertz CT molecular complexity index is 4580. The number of carbonyl (C=O) groups excluding carboxylic acids is 11. The van der Waals surface area contributed by atoms with Crippen LogP contribution in [0, 0.1) is 0 Å². The van der Waals surface area contributed by atoms with Gasteiger partial charge in [0.15, 0.2) is 80.3 Å². The number of esters is 10. The molecule has 0 aliphatic carbocycles. The third-order valence-electron chi connectivity index (χ3n) is 21.1. The molecule has 1 N–H and O–H groups in total. The number of hydrogen-bond acceptors (Lipinski definition) is 37. The number of unbranched alkanes of at least 4 members (excludes halogenated alkanes) is 3. The zero-order valence-electron chi connectivity index (χ0n) is 75.7. The molecular weight excluding hydrogens is 1750 g/mol. The molecule has 133 heavy (non-hydrogen) atoms. The van der Waals surface area contributed by atoms with Crippen LogP contribution in [0.15, 0.2) is 157 Å². The zero-order chi connectivity index (χ0) is 95.5. The molecule has 5 aromatic rings. The lowest BCUT2D eigenvalue weighted by molar-refractivity contribution is -0.387. The van der Waals surface area contributed by atoms with Crippen LogP contribution < -0.4 is 5.32 Å². The number of nitrogens with zero attached hydrogens (tertiary/aromatic N) is 3. The molecule has 5 aliphatic heterocycles. The van der Waals surface area contributed by atoms with Crippen molar-refractivity contribution in [3.8, 4) is 0 Å². The number of azide groups is 1. The summed E-state index contributed by atoms with van der Waals surface area (Å²) in [7, 11) is 0. The minimum atomic E-state index is -2.09. The first-order chi connectivity index (χ1) is 64.0. The standard InChI is InChI=1S/C93H116N4O36/c1-53(98)96-74-80(121-59(7)104)75(118-56(4)101)73(52-117-91-87(124-62(10)107)84(123-61(9)106)79(72(128-91)51-113-55(3)100)132-93-88(125-63(11)108)83(122-60(8)105)78(120-58(6)103)71(130-93)50-112-54(2)99)126-89(74)133-82-77(119-57(5)102)70(49-110-44-65-33-21-15-22-34-65)129-92(86(82)116-47-68-39-27-18-28-40-68)131-76-69(48-109-43-64-31-19-14-20-32-64)127-90(111-42-30-13-12-29-41-95-97-94)85(115-46-67-37-25-17-26-38-67)81(76)114-45-66-35-23-16-24-36-66/h14-28,31-40,69-93H,12-13,29-30,41-52H2,1-11H3,(H,96,98)/t69-,70-,71-,72-,73-,74-,75-,76-,77+,78+,79-,80-,81+,82+,83+,84+,85-,86-,87-,88-,89+,90-,91-,92+,93+/m1/s1. The van der Waals surface area contributed by atoms with E-state index >= 15 is 0 Å². The van der Waals surface area contributed by atoms with E-state index in [0.29, 0.717) is 36.9 Å². The minimum Gasteiger partial charge on any atom is -0.463 e. The van der Waals surface area contributed by atoms with Crippen molar-refractivity contribution < 1.29 is 171 Å². The summed E-state index contributed by atoms with van der Waals surface area (Å²) in [5, 5.41) is 6.46. The Morgan fingerprint density at radius 1 is 0.293 bits per heavy atom. The smallest absolute Gasteiger partial charge is 0.303 e. The minimum absolute atomic E-state index is 0.00888. The van der Waals surface area contributed by atoms with Gasteiger partial charge in [0.05, 0.1) is 52.9 Å². The Labute approximate surface area is 768 Å². The van der Waals surface area contributed by atoms with Gasteiger partial charge in [-0.05, 0) is 46.2 Å². The van der Waals surface area contributed by atoms with Gasteiger partial charge in [-0.3, -0.25) is 52.7 Å². The monoisotopic (exact) mass is 1860 g/mol. The van der Waals surface area contributed by atoms with Crippen LogP contribution in [0.3, 0.4) is 0 Å². The molecule has 40 heteroatoms. The van der Waals surface area contributed by atoms with Crippen molar-refractivity contribution in [2.45, 2.75) is 288 Å². The van der Waals surface area contributed by atoms with E-state index in [4.69, 9.17) is 124 Å². The SMILES string of the molecule is CC(=O)N[C@H]1[C@H](O[C@H]2[C@@H](OC(C)=O)[C@@H](COCc3ccccc3)O[C@@H](O[C@H]3[C@H](OCc4ccccc4)[C@@H](OCc4ccccc4)[C@H](OCCCCCCN=[N+]=[N-])O[C@@H]3COCc3ccccc3)[C@@H]2OCc2ccccc2)O[C@H](CO[C@@H]2O[C@H](COC(C)=O)[C@@H](O[C@@H]3O[C@H](COC(C)=O)[C@H](OC(C)=O)[C@H](OC(C)=O)[C@H]3OC(C)=O)[C@H](OC(C)=O)[C@H]2OC(C)=O)[C@@H](OC(C)=O)[C@@H]1OC(C)=O. The molecule has 10 rings (SSSR count). The van der Waals surface area contributed by atoms with Crippen LogP contribution in [-0.4, -0.2) is 265 Å². The van der Waals surface area contributed by atoms with Gasteiger partial charge in [-0.25, -0.2) is 0 Å². The summed E-state index contributed by atoms with van der Waals surface area (Å²) in [6.45, 7) is 8.12. The Balaban J connectivity index is 1.11. The molecule has 0 radical (unpaired) electrons. The van der Waals surface area contributed by atoms with Crippen LogP contribution in [0.1, 0.15) is 130 Å². The highest BCUT2D eigenvalue weighted by atomic mass is 16.8. The van der Waals surface area contributed by atoms with Crippen molar-refractivity contribution in [1.29, 1.82) is 0 Å². The van der Waals surface area contributed by atoms with E-state index in [1.54, 1.807) is 30.3 Å². The summed E-state index contributed by atoms with van der Waals surface area (Å²) < 4.78 is 163. The predicted molar refractivity (Wildman–Crippen MR) is 455 cm³/mol. The van der Waals surface area contributed by atoms with E-state index in [9.17, 15) is 52.7 Å². The van der Waals surface area contributed by atoms with E-state index in [1.165, 1.54) is 0 Å². The number of benzene rings is 5. The molecule has 0 unspecified atom stereocenters. The highest BCUT2D eigenvalue weighted by Gasteiger charge is 2.62. The summed E-state index contributed by atoms with van der Waals surface area (Å²) >= 11 is 0. The molecule has 0 spiro atoms. The van der Waals surface area contributed by atoms with Crippen LogP contribution >= 0.6 is 0 Å². The van der Waals surface area contributed by atoms with E-state index in [0.717, 1.165) is 99.3 Å². The average molecular weight is 1870 g/mol. The molecule has 0 saturated carbocycles. The van der Waals surface area contributed by atoms with Crippen molar-refractivity contribution in [3.63, 3.8) is 0 Å². The number of carbonyl (C=O) groups is 11. The van der Waals surface area contributed by atoms with E-state index < -0.39 is 245 Å². The molecule has 5 heterocycles. The normalized spacial score (nSPS) is 28.4. The number of rotatable bonds is 47. The van der Waals surface area contributed by atoms with E-state index in [-0.39, 0.29) is 46.2 Å². The Kier molecular flexibility index (Phi) is 41.6. The fraction of sp³-hybridized carbons (Fsp3) is 0.559. The molecule has 5 aromatic carbocycles. The van der Waals surface area contributed by atoms with Gasteiger partial charge in [-0.15, -0.1) is 0 Å². The van der Waals surface area contributed by atoms with Gasteiger partial charge in [-0.2, -0.15) is 0 Å². The first-order valence-corrected chi connectivity index (χ1v) is 43.6. The van der Waals surface area contributed by atoms with Crippen LogP contribution in [-0.2, 0) is 204 Å². The zero-order valence-corrected chi connectivity index (χ0v) is 75.7. The molecule has 5 saturated heterocycles. The van der Waals surface area contributed by atoms with Crippen LogP contribution in [0.5, 0.6) is 0 Å². The van der Waals surface area contributed by atoms with Crippen molar-refractivity contribution in [2.75, 3.05) is 46.2 Å². The number of amides is 1. The molecular formula is C93H116N4O36. The lowest BCUT2D eigenvalue weighted by Crippen LogP contribution is -2.70.